The Kier molecular flexibility index (Phi) is 5.68. The summed E-state index contributed by atoms with van der Waals surface area (Å²) in [5, 5.41) is 11.3. The molecular weight excluding hydrogens is 408 g/mol. The number of benzene rings is 2. The first-order valence-electron chi connectivity index (χ1n) is 8.87. The number of carbonyl (C=O) groups is 3. The summed E-state index contributed by atoms with van der Waals surface area (Å²) >= 11 is 2.87. The van der Waals surface area contributed by atoms with Crippen LogP contribution in [0.15, 0.2) is 58.9 Å². The number of hydrogen-bond acceptors (Lipinski definition) is 7. The summed E-state index contributed by atoms with van der Waals surface area (Å²) in [6.07, 6.45) is 0.450. The number of rotatable bonds is 6. The molecule has 1 aliphatic rings. The van der Waals surface area contributed by atoms with E-state index in [-0.39, 0.29) is 30.6 Å². The van der Waals surface area contributed by atoms with E-state index in [0.717, 1.165) is 15.0 Å². The van der Waals surface area contributed by atoms with Gasteiger partial charge in [0.15, 0.2) is 4.34 Å². The molecule has 2 aromatic carbocycles. The molecule has 1 saturated heterocycles. The van der Waals surface area contributed by atoms with Crippen molar-refractivity contribution in [3.8, 4) is 0 Å². The second kappa shape index (κ2) is 8.54. The average Bonchev–Trinajstić information content (AvgIpc) is 3.33. The molecule has 3 amide bonds. The van der Waals surface area contributed by atoms with Crippen molar-refractivity contribution in [2.45, 2.75) is 22.9 Å². The molecule has 0 spiro atoms. The molecule has 3 aromatic rings. The molecule has 4 rings (SSSR count). The first-order chi connectivity index (χ1) is 14.1. The van der Waals surface area contributed by atoms with Crippen LogP contribution < -0.4 is 10.2 Å². The highest BCUT2D eigenvalue weighted by Crippen LogP contribution is 2.29. The van der Waals surface area contributed by atoms with Crippen molar-refractivity contribution in [1.82, 2.24) is 10.2 Å². The van der Waals surface area contributed by atoms with Gasteiger partial charge in [-0.15, -0.1) is 10.2 Å². The number of nitrogens with one attached hydrogen (secondary N) is 1. The highest BCUT2D eigenvalue weighted by atomic mass is 32.2. The van der Waals surface area contributed by atoms with Gasteiger partial charge in [0.2, 0.25) is 16.9 Å². The zero-order chi connectivity index (χ0) is 20.2. The Bertz CT molecular complexity index is 1040. The predicted molar refractivity (Wildman–Crippen MR) is 112 cm³/mol. The van der Waals surface area contributed by atoms with E-state index in [1.807, 2.05) is 30.3 Å². The Morgan fingerprint density at radius 1 is 1.00 bits per heavy atom. The average molecular weight is 425 g/mol. The van der Waals surface area contributed by atoms with Gasteiger partial charge in [-0.3, -0.25) is 24.6 Å². The van der Waals surface area contributed by atoms with Crippen LogP contribution >= 0.6 is 23.1 Å². The van der Waals surface area contributed by atoms with E-state index in [4.69, 9.17) is 0 Å². The monoisotopic (exact) mass is 424 g/mol. The van der Waals surface area contributed by atoms with Crippen LogP contribution in [-0.2, 0) is 15.3 Å². The van der Waals surface area contributed by atoms with E-state index < -0.39 is 0 Å². The maximum atomic E-state index is 12.4. The maximum absolute atomic E-state index is 12.4. The molecule has 0 saturated carbocycles. The molecule has 1 aliphatic heterocycles. The van der Waals surface area contributed by atoms with Gasteiger partial charge in [0.05, 0.1) is 5.69 Å². The third-order valence-corrected chi connectivity index (χ3v) is 6.31. The number of amides is 3. The zero-order valence-corrected chi connectivity index (χ0v) is 16.8. The van der Waals surface area contributed by atoms with Gasteiger partial charge >= 0.3 is 0 Å². The highest BCUT2D eigenvalue weighted by Gasteiger charge is 2.30. The van der Waals surface area contributed by atoms with Crippen molar-refractivity contribution in [2.24, 2.45) is 0 Å². The molecule has 146 valence electrons. The van der Waals surface area contributed by atoms with Gasteiger partial charge in [-0.05, 0) is 29.8 Å². The van der Waals surface area contributed by atoms with Gasteiger partial charge < -0.3 is 0 Å². The van der Waals surface area contributed by atoms with Crippen LogP contribution in [0.4, 0.5) is 10.8 Å². The van der Waals surface area contributed by atoms with E-state index in [1.54, 1.807) is 36.0 Å². The molecule has 0 aliphatic carbocycles. The standard InChI is InChI=1S/C20H16N4O3S2/c25-16-10-11-17(26)24(16)15-8-6-14(7-9-15)18(27)21-19-22-23-20(29-19)28-12-13-4-2-1-3-5-13/h1-9H,10-12H2,(H,21,22,27). The Hall–Kier alpha value is -3.04. The Morgan fingerprint density at radius 3 is 2.38 bits per heavy atom. The number of imide groups is 1. The summed E-state index contributed by atoms with van der Waals surface area (Å²) in [6, 6.07) is 16.4. The summed E-state index contributed by atoms with van der Waals surface area (Å²) < 4.78 is 0.769. The molecule has 1 N–H and O–H groups in total. The van der Waals surface area contributed by atoms with Crippen LogP contribution in [0.5, 0.6) is 0 Å². The normalized spacial score (nSPS) is 13.7. The van der Waals surface area contributed by atoms with Gasteiger partial charge in [-0.25, -0.2) is 0 Å². The molecular formula is C20H16N4O3S2. The zero-order valence-electron chi connectivity index (χ0n) is 15.2. The quantitative estimate of drug-likeness (QED) is 0.368. The second-order valence-corrected chi connectivity index (χ2v) is 8.47. The van der Waals surface area contributed by atoms with Crippen LogP contribution in [0.3, 0.4) is 0 Å². The van der Waals surface area contributed by atoms with Crippen LogP contribution in [-0.4, -0.2) is 27.9 Å². The second-order valence-electron chi connectivity index (χ2n) is 6.27. The lowest BCUT2D eigenvalue weighted by atomic mass is 10.2. The van der Waals surface area contributed by atoms with Gasteiger partial charge in [-0.2, -0.15) is 0 Å². The molecule has 0 unspecified atom stereocenters. The van der Waals surface area contributed by atoms with Crippen LogP contribution in [0, 0.1) is 0 Å². The van der Waals surface area contributed by atoms with Gasteiger partial charge in [0, 0.05) is 24.2 Å². The van der Waals surface area contributed by atoms with Crippen molar-refractivity contribution >= 4 is 51.6 Å². The smallest absolute Gasteiger partial charge is 0.257 e. The van der Waals surface area contributed by atoms with Crippen molar-refractivity contribution in [2.75, 3.05) is 10.2 Å². The lowest BCUT2D eigenvalue weighted by Crippen LogP contribution is -2.28. The minimum absolute atomic E-state index is 0.221. The Labute approximate surface area is 175 Å². The first-order valence-corrected chi connectivity index (χ1v) is 10.7. The molecule has 9 heteroatoms. The summed E-state index contributed by atoms with van der Waals surface area (Å²) in [5.74, 6) is 0.00769. The maximum Gasteiger partial charge on any atom is 0.257 e. The Balaban J connectivity index is 1.36. The van der Waals surface area contributed by atoms with E-state index in [1.165, 1.54) is 16.9 Å². The summed E-state index contributed by atoms with van der Waals surface area (Å²) in [4.78, 5) is 37.2. The largest absolute Gasteiger partial charge is 0.296 e. The number of hydrogen-bond donors (Lipinski definition) is 1. The molecule has 1 aromatic heterocycles. The predicted octanol–water partition coefficient (Wildman–Crippen LogP) is 3.74. The van der Waals surface area contributed by atoms with E-state index in [9.17, 15) is 14.4 Å². The number of aromatic nitrogens is 2. The van der Waals surface area contributed by atoms with E-state index in [0.29, 0.717) is 16.4 Å². The highest BCUT2D eigenvalue weighted by molar-refractivity contribution is 8.00. The molecule has 29 heavy (non-hydrogen) atoms. The van der Waals surface area contributed by atoms with Gasteiger partial charge in [0.1, 0.15) is 0 Å². The summed E-state index contributed by atoms with van der Waals surface area (Å²) in [5.41, 5.74) is 2.07. The number of carbonyl (C=O) groups excluding carboxylic acids is 3. The molecule has 0 radical (unpaired) electrons. The third-order valence-electron chi connectivity index (χ3n) is 4.27. The Morgan fingerprint density at radius 2 is 1.69 bits per heavy atom. The lowest BCUT2D eigenvalue weighted by molar-refractivity contribution is -0.121. The lowest BCUT2D eigenvalue weighted by Gasteiger charge is -2.13. The van der Waals surface area contributed by atoms with Crippen molar-refractivity contribution in [1.29, 1.82) is 0 Å². The third kappa shape index (κ3) is 4.52. The van der Waals surface area contributed by atoms with Crippen molar-refractivity contribution < 1.29 is 14.4 Å². The van der Waals surface area contributed by atoms with Crippen LogP contribution in [0.2, 0.25) is 0 Å². The number of nitrogens with zero attached hydrogens (tertiary/aromatic N) is 3. The van der Waals surface area contributed by atoms with Gasteiger partial charge in [0.25, 0.3) is 5.91 Å². The molecule has 1 fully saturated rings. The van der Waals surface area contributed by atoms with Crippen LogP contribution in [0.25, 0.3) is 0 Å². The summed E-state index contributed by atoms with van der Waals surface area (Å²) in [6.45, 7) is 0. The minimum Gasteiger partial charge on any atom is -0.296 e. The fourth-order valence-electron chi connectivity index (χ4n) is 2.83. The minimum atomic E-state index is -0.327. The van der Waals surface area contributed by atoms with Crippen LogP contribution in [0.1, 0.15) is 28.8 Å². The van der Waals surface area contributed by atoms with Gasteiger partial charge in [-0.1, -0.05) is 53.4 Å². The molecule has 0 bridgehead atoms. The topological polar surface area (TPSA) is 92.3 Å². The first kappa shape index (κ1) is 19.3. The summed E-state index contributed by atoms with van der Waals surface area (Å²) in [7, 11) is 0. The SMILES string of the molecule is O=C(Nc1nnc(SCc2ccccc2)s1)c1ccc(N2C(=O)CCC2=O)cc1. The fourth-order valence-corrected chi connectivity index (χ4v) is 4.54. The van der Waals surface area contributed by atoms with Crippen molar-refractivity contribution in [3.63, 3.8) is 0 Å². The molecule has 7 nitrogen and oxygen atoms in total. The molecule has 0 atom stereocenters. The molecule has 2 heterocycles. The van der Waals surface area contributed by atoms with E-state index in [2.05, 4.69) is 15.5 Å². The van der Waals surface area contributed by atoms with E-state index >= 15 is 0 Å². The van der Waals surface area contributed by atoms with Crippen molar-refractivity contribution in [3.05, 3.63) is 65.7 Å². The fraction of sp³-hybridized carbons (Fsp3) is 0.150. The number of anilines is 2. The number of thioether (sulfide) groups is 1.